The maximum Gasteiger partial charge on any atom is 0.149 e. The van der Waals surface area contributed by atoms with Crippen LogP contribution >= 0.6 is 0 Å². The first-order valence-electron chi connectivity index (χ1n) is 6.40. The molecule has 0 unspecified atom stereocenters. The highest BCUT2D eigenvalue weighted by Gasteiger charge is 2.22. The van der Waals surface area contributed by atoms with E-state index in [9.17, 15) is 13.0 Å². The quantitative estimate of drug-likeness (QED) is 0.914. The molecule has 1 N–H and O–H groups in total. The van der Waals surface area contributed by atoms with Crippen LogP contribution in [0.25, 0.3) is 0 Å². The van der Waals surface area contributed by atoms with Crippen molar-refractivity contribution < 1.29 is 13.0 Å². The molecule has 1 aromatic carbocycles. The van der Waals surface area contributed by atoms with Gasteiger partial charge in [0.05, 0.1) is 0 Å². The molecular weight excluding hydrogens is 270 g/mol. The van der Waals surface area contributed by atoms with Crippen LogP contribution in [0.3, 0.4) is 0 Å². The summed E-state index contributed by atoms with van der Waals surface area (Å²) in [6, 6.07) is 2.74. The van der Waals surface area contributed by atoms with Crippen LogP contribution in [0.2, 0.25) is 0 Å². The van der Waals surface area contributed by atoms with Crippen LogP contribution in [0.4, 0.5) is 14.5 Å². The first-order chi connectivity index (χ1) is 9.11. The third-order valence-corrected chi connectivity index (χ3v) is 4.43. The predicted molar refractivity (Wildman–Crippen MR) is 73.8 cm³/mol. The summed E-state index contributed by atoms with van der Waals surface area (Å²) in [5.41, 5.74) is 0.609. The van der Waals surface area contributed by atoms with Gasteiger partial charge in [-0.15, -0.1) is 0 Å². The van der Waals surface area contributed by atoms with Crippen LogP contribution in [0.15, 0.2) is 12.1 Å². The van der Waals surface area contributed by atoms with Gasteiger partial charge in [0.1, 0.15) is 17.3 Å². The lowest BCUT2D eigenvalue weighted by molar-refractivity contribution is 0.566. The van der Waals surface area contributed by atoms with E-state index in [4.69, 9.17) is 0 Å². The number of nitrogens with zero attached hydrogens (tertiary/aromatic N) is 1. The molecule has 1 aliphatic rings. The monoisotopic (exact) mass is 288 g/mol. The van der Waals surface area contributed by atoms with E-state index in [1.54, 1.807) is 4.90 Å². The number of nitrogens with one attached hydrogen (secondary N) is 1. The lowest BCUT2D eigenvalue weighted by atomic mass is 10.1. The van der Waals surface area contributed by atoms with Gasteiger partial charge in [-0.2, -0.15) is 0 Å². The van der Waals surface area contributed by atoms with Crippen molar-refractivity contribution >= 4 is 16.5 Å². The Morgan fingerprint density at radius 1 is 1.26 bits per heavy atom. The Kier molecular flexibility index (Phi) is 4.87. The maximum atomic E-state index is 14.0. The van der Waals surface area contributed by atoms with E-state index in [1.165, 1.54) is 12.1 Å². The van der Waals surface area contributed by atoms with Crippen LogP contribution in [0.5, 0.6) is 0 Å². The second-order valence-electron chi connectivity index (χ2n) is 4.52. The summed E-state index contributed by atoms with van der Waals surface area (Å²) in [7, 11) is -0.853. The van der Waals surface area contributed by atoms with Crippen molar-refractivity contribution in [1.29, 1.82) is 0 Å². The van der Waals surface area contributed by atoms with E-state index < -0.39 is 22.4 Å². The molecule has 0 aromatic heterocycles. The third-order valence-electron chi connectivity index (χ3n) is 3.15. The number of halogens is 2. The third kappa shape index (κ3) is 3.51. The van der Waals surface area contributed by atoms with E-state index in [0.29, 0.717) is 36.7 Å². The van der Waals surface area contributed by atoms with Crippen molar-refractivity contribution in [3.63, 3.8) is 0 Å². The van der Waals surface area contributed by atoms with Gasteiger partial charge in [-0.1, -0.05) is 6.92 Å². The fourth-order valence-electron chi connectivity index (χ4n) is 2.15. The molecule has 0 spiro atoms. The van der Waals surface area contributed by atoms with Gasteiger partial charge in [0.25, 0.3) is 0 Å². The lowest BCUT2D eigenvalue weighted by Gasteiger charge is -2.29. The topological polar surface area (TPSA) is 32.3 Å². The highest BCUT2D eigenvalue weighted by molar-refractivity contribution is 7.85. The molecule has 1 saturated heterocycles. The Balaban J connectivity index is 2.19. The molecule has 1 aliphatic heterocycles. The van der Waals surface area contributed by atoms with E-state index in [2.05, 4.69) is 5.32 Å². The van der Waals surface area contributed by atoms with E-state index in [1.807, 2.05) is 6.92 Å². The van der Waals surface area contributed by atoms with Gasteiger partial charge in [-0.25, -0.2) is 8.78 Å². The average molecular weight is 288 g/mol. The minimum absolute atomic E-state index is 0.0111. The zero-order chi connectivity index (χ0) is 13.8. The van der Waals surface area contributed by atoms with Crippen LogP contribution in [0, 0.1) is 11.6 Å². The highest BCUT2D eigenvalue weighted by Crippen LogP contribution is 2.26. The van der Waals surface area contributed by atoms with Crippen LogP contribution in [-0.2, 0) is 17.3 Å². The number of rotatable bonds is 4. The molecule has 0 bridgehead atoms. The summed E-state index contributed by atoms with van der Waals surface area (Å²) in [4.78, 5) is 1.64. The first-order valence-corrected chi connectivity index (χ1v) is 7.89. The Labute approximate surface area is 114 Å². The SMILES string of the molecule is CCNCc1cc(F)c(N2CCS(=O)CC2)c(F)c1. The molecule has 0 saturated carbocycles. The van der Waals surface area contributed by atoms with Crippen molar-refractivity contribution in [2.45, 2.75) is 13.5 Å². The van der Waals surface area contributed by atoms with Crippen molar-refractivity contribution in [2.75, 3.05) is 36.0 Å². The number of anilines is 1. The highest BCUT2D eigenvalue weighted by atomic mass is 32.2. The van der Waals surface area contributed by atoms with Gasteiger partial charge in [0, 0.05) is 41.9 Å². The molecule has 3 nitrogen and oxygen atoms in total. The fourth-order valence-corrected chi connectivity index (χ4v) is 3.21. The first kappa shape index (κ1) is 14.4. The van der Waals surface area contributed by atoms with Crippen molar-refractivity contribution in [1.82, 2.24) is 5.32 Å². The molecular formula is C13H18F2N2OS. The normalized spacial score (nSPS) is 16.9. The Morgan fingerprint density at radius 2 is 1.84 bits per heavy atom. The molecule has 0 aliphatic carbocycles. The zero-order valence-corrected chi connectivity index (χ0v) is 11.7. The molecule has 106 valence electrons. The molecule has 0 atom stereocenters. The molecule has 6 heteroatoms. The van der Waals surface area contributed by atoms with Gasteiger partial charge >= 0.3 is 0 Å². The Morgan fingerprint density at radius 3 is 2.37 bits per heavy atom. The molecule has 1 heterocycles. The van der Waals surface area contributed by atoms with Crippen molar-refractivity contribution in [2.24, 2.45) is 0 Å². The molecule has 1 fully saturated rings. The minimum Gasteiger partial charge on any atom is -0.365 e. The summed E-state index contributed by atoms with van der Waals surface area (Å²) in [5, 5.41) is 3.04. The van der Waals surface area contributed by atoms with Gasteiger partial charge in [0.15, 0.2) is 0 Å². The van der Waals surface area contributed by atoms with Gasteiger partial charge < -0.3 is 10.2 Å². The second-order valence-corrected chi connectivity index (χ2v) is 6.22. The molecule has 19 heavy (non-hydrogen) atoms. The maximum absolute atomic E-state index is 14.0. The van der Waals surface area contributed by atoms with Crippen LogP contribution in [0.1, 0.15) is 12.5 Å². The van der Waals surface area contributed by atoms with Gasteiger partial charge in [-0.05, 0) is 24.2 Å². The molecule has 1 aromatic rings. The van der Waals surface area contributed by atoms with Crippen molar-refractivity contribution in [3.05, 3.63) is 29.3 Å². The van der Waals surface area contributed by atoms with Crippen LogP contribution in [-0.4, -0.2) is 35.3 Å². The van der Waals surface area contributed by atoms with E-state index in [0.717, 1.165) is 6.54 Å². The smallest absolute Gasteiger partial charge is 0.149 e. The zero-order valence-electron chi connectivity index (χ0n) is 10.9. The number of hydrogen-bond acceptors (Lipinski definition) is 3. The van der Waals surface area contributed by atoms with Gasteiger partial charge in [-0.3, -0.25) is 4.21 Å². The van der Waals surface area contributed by atoms with Crippen molar-refractivity contribution in [3.8, 4) is 0 Å². The summed E-state index contributed by atoms with van der Waals surface area (Å²) in [6.45, 7) is 4.02. The fraction of sp³-hybridized carbons (Fsp3) is 0.538. The molecule has 0 amide bonds. The molecule has 2 rings (SSSR count). The Hall–Kier alpha value is -1.01. The average Bonchev–Trinajstić information content (AvgIpc) is 2.38. The number of hydrogen-bond donors (Lipinski definition) is 1. The van der Waals surface area contributed by atoms with Gasteiger partial charge in [0.2, 0.25) is 0 Å². The lowest BCUT2D eigenvalue weighted by Crippen LogP contribution is -2.38. The predicted octanol–water partition coefficient (Wildman–Crippen LogP) is 1.64. The van der Waals surface area contributed by atoms with Crippen LogP contribution < -0.4 is 10.2 Å². The molecule has 0 radical (unpaired) electrons. The standard InChI is InChI=1S/C13H18F2N2OS/c1-2-16-9-10-7-11(14)13(12(15)8-10)17-3-5-19(18)6-4-17/h7-8,16H,2-6,9H2,1H3. The summed E-state index contributed by atoms with van der Waals surface area (Å²) >= 11 is 0. The second kappa shape index (κ2) is 6.43. The summed E-state index contributed by atoms with van der Waals surface area (Å²) < 4.78 is 39.3. The Bertz CT molecular complexity index is 449. The number of benzene rings is 1. The summed E-state index contributed by atoms with van der Waals surface area (Å²) in [6.07, 6.45) is 0. The largest absolute Gasteiger partial charge is 0.365 e. The van der Waals surface area contributed by atoms with E-state index in [-0.39, 0.29) is 5.69 Å². The van der Waals surface area contributed by atoms with E-state index >= 15 is 0 Å². The minimum atomic E-state index is -0.853. The summed E-state index contributed by atoms with van der Waals surface area (Å²) in [5.74, 6) is -0.142.